The highest BCUT2D eigenvalue weighted by Crippen LogP contribution is 2.26. The van der Waals surface area contributed by atoms with Crippen molar-refractivity contribution in [1.82, 2.24) is 9.71 Å². The number of alkyl halides is 1. The van der Waals surface area contributed by atoms with Crippen LogP contribution in [0, 0.1) is 6.92 Å². The van der Waals surface area contributed by atoms with Crippen LogP contribution in [0.15, 0.2) is 17.2 Å². The van der Waals surface area contributed by atoms with Crippen molar-refractivity contribution in [2.45, 2.75) is 31.0 Å². The van der Waals surface area contributed by atoms with Crippen LogP contribution in [0.1, 0.15) is 24.3 Å². The van der Waals surface area contributed by atoms with E-state index in [-0.39, 0.29) is 10.6 Å². The molecule has 5 nitrogen and oxygen atoms in total. The molecule has 1 rings (SSSR count). The van der Waals surface area contributed by atoms with E-state index < -0.39 is 22.3 Å². The molecule has 0 fully saturated rings. The summed E-state index contributed by atoms with van der Waals surface area (Å²) in [6, 6.07) is 1.49. The number of pyridine rings is 1. The molecule has 17 heavy (non-hydrogen) atoms. The zero-order valence-electron chi connectivity index (χ0n) is 9.81. The van der Waals surface area contributed by atoms with Crippen molar-refractivity contribution < 1.29 is 17.9 Å². The number of halogens is 1. The first kappa shape index (κ1) is 14.0. The molecule has 1 heterocycles. The van der Waals surface area contributed by atoms with Gasteiger partial charge in [0.15, 0.2) is 0 Å². The number of aromatic nitrogens is 1. The fourth-order valence-corrected chi connectivity index (χ4v) is 2.59. The van der Waals surface area contributed by atoms with Gasteiger partial charge in [0.25, 0.3) is 0 Å². The summed E-state index contributed by atoms with van der Waals surface area (Å²) < 4.78 is 38.8. The maximum Gasteiger partial charge on any atom is 0.242 e. The molecule has 1 aromatic heterocycles. The SMILES string of the molecule is CNS(=O)(=O)c1c(C)ccnc1C(O)C(C)F. The van der Waals surface area contributed by atoms with E-state index in [0.29, 0.717) is 5.56 Å². The van der Waals surface area contributed by atoms with Gasteiger partial charge < -0.3 is 5.11 Å². The number of aryl methyl sites for hydroxylation is 1. The molecular weight excluding hydrogens is 247 g/mol. The molecule has 0 aliphatic heterocycles. The normalized spacial score (nSPS) is 15.6. The predicted molar refractivity (Wildman–Crippen MR) is 60.7 cm³/mol. The summed E-state index contributed by atoms with van der Waals surface area (Å²) in [5.74, 6) is 0. The zero-order chi connectivity index (χ0) is 13.2. The summed E-state index contributed by atoms with van der Waals surface area (Å²) in [5, 5.41) is 9.63. The number of aliphatic hydroxyl groups excluding tert-OH is 1. The van der Waals surface area contributed by atoms with Gasteiger partial charge in [-0.2, -0.15) is 0 Å². The lowest BCUT2D eigenvalue weighted by atomic mass is 10.1. The van der Waals surface area contributed by atoms with Crippen LogP contribution in [-0.2, 0) is 10.0 Å². The van der Waals surface area contributed by atoms with Gasteiger partial charge in [-0.1, -0.05) is 0 Å². The molecule has 2 atom stereocenters. The lowest BCUT2D eigenvalue weighted by Gasteiger charge is -2.16. The molecule has 96 valence electrons. The number of aliphatic hydroxyl groups is 1. The van der Waals surface area contributed by atoms with Crippen molar-refractivity contribution in [1.29, 1.82) is 0 Å². The Morgan fingerprint density at radius 1 is 1.53 bits per heavy atom. The predicted octanol–water partition coefficient (Wildman–Crippen LogP) is 0.690. The molecule has 0 aliphatic carbocycles. The Morgan fingerprint density at radius 3 is 2.59 bits per heavy atom. The van der Waals surface area contributed by atoms with Crippen LogP contribution in [0.2, 0.25) is 0 Å². The van der Waals surface area contributed by atoms with Crippen molar-refractivity contribution in [3.8, 4) is 0 Å². The van der Waals surface area contributed by atoms with Gasteiger partial charge in [-0.15, -0.1) is 0 Å². The largest absolute Gasteiger partial charge is 0.384 e. The van der Waals surface area contributed by atoms with Crippen LogP contribution in [0.5, 0.6) is 0 Å². The first-order valence-electron chi connectivity index (χ1n) is 5.02. The third kappa shape index (κ3) is 2.80. The van der Waals surface area contributed by atoms with E-state index in [1.165, 1.54) is 19.3 Å². The highest BCUT2D eigenvalue weighted by Gasteiger charge is 2.27. The number of hydrogen-bond acceptors (Lipinski definition) is 4. The van der Waals surface area contributed by atoms with Crippen LogP contribution >= 0.6 is 0 Å². The second kappa shape index (κ2) is 5.07. The average molecular weight is 262 g/mol. The lowest BCUT2D eigenvalue weighted by Crippen LogP contribution is -2.24. The van der Waals surface area contributed by atoms with E-state index in [0.717, 1.165) is 6.92 Å². The third-order valence-electron chi connectivity index (χ3n) is 2.38. The highest BCUT2D eigenvalue weighted by atomic mass is 32.2. The van der Waals surface area contributed by atoms with Crippen LogP contribution < -0.4 is 4.72 Å². The van der Waals surface area contributed by atoms with Crippen molar-refractivity contribution in [3.05, 3.63) is 23.5 Å². The minimum Gasteiger partial charge on any atom is -0.384 e. The van der Waals surface area contributed by atoms with Crippen LogP contribution in [0.4, 0.5) is 4.39 Å². The van der Waals surface area contributed by atoms with Gasteiger partial charge in [-0.05, 0) is 32.5 Å². The molecule has 0 saturated carbocycles. The van der Waals surface area contributed by atoms with E-state index in [9.17, 15) is 17.9 Å². The quantitative estimate of drug-likeness (QED) is 0.836. The molecule has 2 unspecified atom stereocenters. The molecule has 0 aromatic carbocycles. The van der Waals surface area contributed by atoms with Gasteiger partial charge in [0.05, 0.1) is 5.69 Å². The first-order chi connectivity index (χ1) is 7.81. The number of rotatable bonds is 4. The number of sulfonamides is 1. The second-order valence-electron chi connectivity index (χ2n) is 3.67. The van der Waals surface area contributed by atoms with E-state index in [1.807, 2.05) is 0 Å². The average Bonchev–Trinajstić information content (AvgIpc) is 2.27. The summed E-state index contributed by atoms with van der Waals surface area (Å²) in [6.07, 6.45) is -1.83. The molecule has 2 N–H and O–H groups in total. The van der Waals surface area contributed by atoms with Crippen molar-refractivity contribution in [3.63, 3.8) is 0 Å². The van der Waals surface area contributed by atoms with Crippen molar-refractivity contribution >= 4 is 10.0 Å². The van der Waals surface area contributed by atoms with E-state index in [4.69, 9.17) is 0 Å². The first-order valence-corrected chi connectivity index (χ1v) is 6.50. The molecule has 0 bridgehead atoms. The Hall–Kier alpha value is -1.05. The molecular formula is C10H15FN2O3S. The Balaban J connectivity index is 3.48. The molecule has 7 heteroatoms. The summed E-state index contributed by atoms with van der Waals surface area (Å²) in [7, 11) is -2.53. The summed E-state index contributed by atoms with van der Waals surface area (Å²) >= 11 is 0. The summed E-state index contributed by atoms with van der Waals surface area (Å²) in [5.41, 5.74) is 0.235. The van der Waals surface area contributed by atoms with Crippen molar-refractivity contribution in [2.75, 3.05) is 7.05 Å². The fourth-order valence-electron chi connectivity index (χ4n) is 1.45. The summed E-state index contributed by atoms with van der Waals surface area (Å²) in [4.78, 5) is 3.60. The minimum absolute atomic E-state index is 0.167. The Labute approximate surface area is 99.7 Å². The van der Waals surface area contributed by atoms with Crippen molar-refractivity contribution in [2.24, 2.45) is 0 Å². The van der Waals surface area contributed by atoms with E-state index in [2.05, 4.69) is 9.71 Å². The molecule has 0 radical (unpaired) electrons. The molecule has 0 amide bonds. The topological polar surface area (TPSA) is 79.3 Å². The monoisotopic (exact) mass is 262 g/mol. The Kier molecular flexibility index (Phi) is 4.18. The second-order valence-corrected chi connectivity index (χ2v) is 5.50. The van der Waals surface area contributed by atoms with Crippen LogP contribution in [-0.4, -0.2) is 31.7 Å². The number of nitrogens with one attached hydrogen (secondary N) is 1. The maximum absolute atomic E-state index is 13.1. The van der Waals surface area contributed by atoms with Gasteiger partial charge in [0, 0.05) is 6.20 Å². The number of nitrogens with zero attached hydrogens (tertiary/aromatic N) is 1. The smallest absolute Gasteiger partial charge is 0.242 e. The molecule has 0 spiro atoms. The van der Waals surface area contributed by atoms with Gasteiger partial charge in [-0.25, -0.2) is 17.5 Å². The minimum atomic E-state index is -3.78. The number of hydrogen-bond donors (Lipinski definition) is 2. The van der Waals surface area contributed by atoms with E-state index >= 15 is 0 Å². The van der Waals surface area contributed by atoms with E-state index in [1.54, 1.807) is 6.92 Å². The highest BCUT2D eigenvalue weighted by molar-refractivity contribution is 7.89. The van der Waals surface area contributed by atoms with Gasteiger partial charge >= 0.3 is 0 Å². The van der Waals surface area contributed by atoms with Gasteiger partial charge in [0.2, 0.25) is 10.0 Å². The Morgan fingerprint density at radius 2 is 2.12 bits per heavy atom. The standard InChI is InChI=1S/C10H15FN2O3S/c1-6-4-5-13-8(9(14)7(2)11)10(6)17(15,16)12-3/h4-5,7,9,12,14H,1-3H3. The summed E-state index contributed by atoms with van der Waals surface area (Å²) in [6.45, 7) is 2.70. The maximum atomic E-state index is 13.1. The van der Waals surface area contributed by atoms with Crippen LogP contribution in [0.25, 0.3) is 0 Å². The third-order valence-corrected chi connectivity index (χ3v) is 3.99. The van der Waals surface area contributed by atoms with Crippen LogP contribution in [0.3, 0.4) is 0 Å². The molecule has 1 aromatic rings. The fraction of sp³-hybridized carbons (Fsp3) is 0.500. The zero-order valence-corrected chi connectivity index (χ0v) is 10.6. The molecule has 0 aliphatic rings. The lowest BCUT2D eigenvalue weighted by molar-refractivity contribution is 0.0820. The molecule has 0 saturated heterocycles. The van der Waals surface area contributed by atoms with Gasteiger partial charge in [-0.3, -0.25) is 4.98 Å². The van der Waals surface area contributed by atoms with Gasteiger partial charge in [0.1, 0.15) is 17.2 Å². The Bertz CT molecular complexity index is 502.